The van der Waals surface area contributed by atoms with Gasteiger partial charge in [-0.2, -0.15) is 0 Å². The van der Waals surface area contributed by atoms with Crippen LogP contribution in [-0.2, 0) is 9.59 Å². The van der Waals surface area contributed by atoms with Gasteiger partial charge in [0, 0.05) is 42.5 Å². The number of Topliss-reactive ketones (excluding diaryl/α,β-unsaturated/α-hetero) is 1. The summed E-state index contributed by atoms with van der Waals surface area (Å²) in [7, 11) is 0. The molecular weight excluding hydrogens is 1470 g/mol. The lowest BCUT2D eigenvalue weighted by molar-refractivity contribution is -0.119. The molecule has 0 aliphatic heterocycles. The van der Waals surface area contributed by atoms with Crippen molar-refractivity contribution in [3.05, 3.63) is 43.7 Å². The molecule has 4 atom stereocenters. The highest BCUT2D eigenvalue weighted by atomic mass is 127. The number of aliphatic hydroxyl groups is 9. The molecule has 0 radical (unpaired) electrons. The highest BCUT2D eigenvalue weighted by Crippen LogP contribution is 2.39. The minimum Gasteiger partial charge on any atom is -0.394 e. The fraction of sp³-hybridized carbons (Fsp3) is 0.438. The Morgan fingerprint density at radius 3 is 1.25 bits per heavy atom. The summed E-state index contributed by atoms with van der Waals surface area (Å²) in [5.41, 5.74) is 1.58. The van der Waals surface area contributed by atoms with Gasteiger partial charge in [-0.15, -0.1) is 0 Å². The number of benzene rings is 2. The number of halogens is 6. The number of anilines is 2. The Bertz CT molecular complexity index is 1860. The molecule has 4 unspecified atom stereocenters. The summed E-state index contributed by atoms with van der Waals surface area (Å²) in [5.74, 6) is -5.47. The second kappa shape index (κ2) is 26.3. The number of hydrogen-bond donors (Lipinski definition) is 14. The number of nitrogens with one attached hydrogen (secondary N) is 5. The molecule has 59 heavy (non-hydrogen) atoms. The number of carbonyl (C=O) groups excluding carboxylic acids is 6. The Kier molecular flexibility index (Phi) is 24.3. The minimum absolute atomic E-state index is 0.00238. The molecule has 2 aromatic rings. The van der Waals surface area contributed by atoms with Crippen LogP contribution in [0.1, 0.15) is 47.9 Å². The van der Waals surface area contributed by atoms with Gasteiger partial charge in [-0.05, 0) is 136 Å². The molecule has 0 spiro atoms. The molecule has 0 aliphatic carbocycles. The van der Waals surface area contributed by atoms with Crippen molar-refractivity contribution in [2.75, 3.05) is 69.5 Å². The van der Waals surface area contributed by atoms with E-state index in [-0.39, 0.29) is 55.0 Å². The fourth-order valence-corrected chi connectivity index (χ4v) is 13.7. The average molecular weight is 1510 g/mol. The molecule has 0 bridgehead atoms. The van der Waals surface area contributed by atoms with Gasteiger partial charge in [0.05, 0.1) is 96.0 Å². The molecule has 0 fully saturated rings. The summed E-state index contributed by atoms with van der Waals surface area (Å²) in [6, 6.07) is 0. The minimum atomic E-state index is -1.48. The van der Waals surface area contributed by atoms with E-state index in [0.29, 0.717) is 0 Å². The summed E-state index contributed by atoms with van der Waals surface area (Å²) in [4.78, 5) is 81.9. The van der Waals surface area contributed by atoms with Gasteiger partial charge in [0.2, 0.25) is 11.8 Å². The SMILES string of the molecule is O=C(CO)Nc1c(I)c(C(=O)CC(=O)N(NCC(O)CO)c2c(I)c(C(=O)NCC(O)CO)c(I)c(C(=O)NCC(O)CO)c2I)c(I)c(C(=O)NCC(O)CO)c1I. The van der Waals surface area contributed by atoms with Crippen molar-refractivity contribution in [3.63, 3.8) is 0 Å². The Morgan fingerprint density at radius 2 is 0.864 bits per heavy atom. The number of hydrogen-bond acceptors (Lipinski definition) is 16. The lowest BCUT2D eigenvalue weighted by Gasteiger charge is -2.29. The Morgan fingerprint density at radius 1 is 0.508 bits per heavy atom. The van der Waals surface area contributed by atoms with E-state index in [9.17, 15) is 74.7 Å². The van der Waals surface area contributed by atoms with Crippen LogP contribution in [0.5, 0.6) is 0 Å². The van der Waals surface area contributed by atoms with Crippen LogP contribution in [0.3, 0.4) is 0 Å². The fourth-order valence-electron chi connectivity index (χ4n) is 4.59. The molecule has 328 valence electrons. The van der Waals surface area contributed by atoms with Crippen LogP contribution in [0.4, 0.5) is 11.4 Å². The molecule has 0 heterocycles. The van der Waals surface area contributed by atoms with Crippen molar-refractivity contribution >= 4 is 182 Å². The standard InChI is InChI=1S/C32H38I6N6O15/c33-22-18(24(35)28(43-16(55)10-49)25(36)19(22)30(57)39-2-11(50)6-45)15(54)1-17(56)44(42-5-14(53)9-48)29-26(37)20(31(58)40-3-12(51)7-46)23(34)21(27(29)38)32(59)41-4-13(52)8-47/h11-14,42,45-53H,1-10H2,(H,39,57)(H,40,58)(H,41,59)(H,43,55). The number of hydrazine groups is 1. The molecule has 21 nitrogen and oxygen atoms in total. The third kappa shape index (κ3) is 14.7. The van der Waals surface area contributed by atoms with Gasteiger partial charge in [0.15, 0.2) is 5.78 Å². The highest BCUT2D eigenvalue weighted by molar-refractivity contribution is 14.1. The number of ketones is 1. The molecule has 0 aliphatic rings. The largest absolute Gasteiger partial charge is 0.394 e. The molecule has 0 saturated heterocycles. The molecule has 2 aromatic carbocycles. The van der Waals surface area contributed by atoms with Crippen LogP contribution in [0.2, 0.25) is 0 Å². The normalized spacial score (nSPS) is 13.2. The van der Waals surface area contributed by atoms with Crippen molar-refractivity contribution in [1.82, 2.24) is 21.4 Å². The monoisotopic (exact) mass is 1510 g/mol. The number of aliphatic hydroxyl groups excluding tert-OH is 9. The lowest BCUT2D eigenvalue weighted by atomic mass is 10.0. The van der Waals surface area contributed by atoms with Gasteiger partial charge in [-0.3, -0.25) is 28.8 Å². The van der Waals surface area contributed by atoms with E-state index >= 15 is 0 Å². The van der Waals surface area contributed by atoms with Crippen molar-refractivity contribution in [2.24, 2.45) is 0 Å². The Labute approximate surface area is 417 Å². The Balaban J connectivity index is 2.91. The smallest absolute Gasteiger partial charge is 0.253 e. The maximum atomic E-state index is 14.4. The number of nitrogens with zero attached hydrogens (tertiary/aromatic N) is 1. The van der Waals surface area contributed by atoms with Crippen LogP contribution in [0.25, 0.3) is 0 Å². The van der Waals surface area contributed by atoms with Gasteiger partial charge in [0.25, 0.3) is 17.7 Å². The summed E-state index contributed by atoms with van der Waals surface area (Å²) in [6.45, 7) is -5.61. The first-order valence-corrected chi connectivity index (χ1v) is 23.1. The molecule has 0 aromatic heterocycles. The van der Waals surface area contributed by atoms with Crippen molar-refractivity contribution in [2.45, 2.75) is 30.8 Å². The predicted molar refractivity (Wildman–Crippen MR) is 259 cm³/mol. The van der Waals surface area contributed by atoms with Crippen LogP contribution in [0, 0.1) is 21.4 Å². The second-order valence-electron chi connectivity index (χ2n) is 12.0. The van der Waals surface area contributed by atoms with Gasteiger partial charge < -0.3 is 67.2 Å². The van der Waals surface area contributed by atoms with Gasteiger partial charge in [0.1, 0.15) is 6.61 Å². The first-order chi connectivity index (χ1) is 27.7. The molecule has 5 amide bonds. The lowest BCUT2D eigenvalue weighted by Crippen LogP contribution is -2.49. The van der Waals surface area contributed by atoms with E-state index in [1.165, 1.54) is 0 Å². The molecule has 2 rings (SSSR count). The zero-order chi connectivity index (χ0) is 44.9. The first kappa shape index (κ1) is 54.6. The summed E-state index contributed by atoms with van der Waals surface area (Å²) in [6.07, 6.45) is -6.56. The van der Waals surface area contributed by atoms with Crippen LogP contribution in [-0.4, -0.2) is 165 Å². The second-order valence-corrected chi connectivity index (χ2v) is 18.5. The van der Waals surface area contributed by atoms with Crippen LogP contribution in [0.15, 0.2) is 0 Å². The predicted octanol–water partition coefficient (Wildman–Crippen LogP) is -2.04. The van der Waals surface area contributed by atoms with Crippen LogP contribution >= 0.6 is 136 Å². The zero-order valence-electron chi connectivity index (χ0n) is 30.1. The van der Waals surface area contributed by atoms with Crippen molar-refractivity contribution in [3.8, 4) is 0 Å². The molecular formula is C32H38I6N6O15. The summed E-state index contributed by atoms with van der Waals surface area (Å²) < 4.78 is 0.225. The van der Waals surface area contributed by atoms with E-state index in [4.69, 9.17) is 0 Å². The quantitative estimate of drug-likeness (QED) is 0.0261. The molecule has 27 heteroatoms. The van der Waals surface area contributed by atoms with E-state index in [0.717, 1.165) is 5.01 Å². The molecule has 0 saturated carbocycles. The van der Waals surface area contributed by atoms with Gasteiger partial charge in [-0.1, -0.05) is 0 Å². The van der Waals surface area contributed by atoms with E-state index in [2.05, 4.69) is 26.7 Å². The number of amides is 5. The first-order valence-electron chi connectivity index (χ1n) is 16.6. The zero-order valence-corrected chi connectivity index (χ0v) is 43.0. The van der Waals surface area contributed by atoms with Crippen molar-refractivity contribution in [1.29, 1.82) is 0 Å². The van der Waals surface area contributed by atoms with E-state index in [1.54, 1.807) is 136 Å². The third-order valence-corrected chi connectivity index (χ3v) is 14.0. The number of rotatable bonds is 22. The third-order valence-electron chi connectivity index (χ3n) is 7.59. The van der Waals surface area contributed by atoms with Gasteiger partial charge >= 0.3 is 0 Å². The van der Waals surface area contributed by atoms with E-state index < -0.39 is 125 Å². The Hall–Kier alpha value is -0.560. The average Bonchev–Trinajstić information content (AvgIpc) is 3.20. The molecule has 14 N–H and O–H groups in total. The van der Waals surface area contributed by atoms with E-state index in [1.807, 2.05) is 0 Å². The number of carbonyl (C=O) groups is 6. The van der Waals surface area contributed by atoms with Crippen LogP contribution < -0.4 is 31.7 Å². The summed E-state index contributed by atoms with van der Waals surface area (Å²) in [5, 5.41) is 97.3. The maximum absolute atomic E-state index is 14.4. The topological polar surface area (TPSA) is 348 Å². The summed E-state index contributed by atoms with van der Waals surface area (Å²) >= 11 is 10.3. The van der Waals surface area contributed by atoms with Gasteiger partial charge in [-0.25, -0.2) is 10.4 Å². The van der Waals surface area contributed by atoms with Crippen molar-refractivity contribution < 1.29 is 74.7 Å². The highest BCUT2D eigenvalue weighted by Gasteiger charge is 2.35. The maximum Gasteiger partial charge on any atom is 0.253 e.